The Bertz CT molecular complexity index is 742. The van der Waals surface area contributed by atoms with Crippen molar-refractivity contribution in [1.82, 2.24) is 0 Å². The average Bonchev–Trinajstić information content (AvgIpc) is 2.59. The molecule has 118 valence electrons. The van der Waals surface area contributed by atoms with Crippen LogP contribution in [0.3, 0.4) is 0 Å². The molecule has 0 bridgehead atoms. The molecule has 0 amide bonds. The number of allylic oxidation sites excluding steroid dienone is 1. The molecule has 0 heterocycles. The maximum absolute atomic E-state index is 11.5. The number of rotatable bonds is 6. The Balaban J connectivity index is 2.42. The number of carbonyl (C=O) groups is 2. The summed E-state index contributed by atoms with van der Waals surface area (Å²) >= 11 is 0. The topological polar surface area (TPSA) is 52.6 Å². The van der Waals surface area contributed by atoms with Crippen LogP contribution in [0.25, 0.3) is 11.6 Å². The Labute approximate surface area is 135 Å². The molecule has 0 atom stereocenters. The van der Waals surface area contributed by atoms with Crippen molar-refractivity contribution >= 4 is 23.7 Å². The molecule has 23 heavy (non-hydrogen) atoms. The summed E-state index contributed by atoms with van der Waals surface area (Å²) < 4.78 is 10.5. The Morgan fingerprint density at radius 1 is 0.957 bits per heavy atom. The standard InChI is InChI=1S/C19H18O4/c1-13(21)14-4-6-15(7-5-14)17(12-20)10-16-8-9-18(22-2)11-19(16)23-3/h4-12H,1-3H3/b17-10+. The van der Waals surface area contributed by atoms with Crippen LogP contribution in [0, 0.1) is 0 Å². The summed E-state index contributed by atoms with van der Waals surface area (Å²) in [6.07, 6.45) is 2.53. The summed E-state index contributed by atoms with van der Waals surface area (Å²) in [6.45, 7) is 1.51. The molecule has 0 aliphatic carbocycles. The lowest BCUT2D eigenvalue weighted by atomic mass is 10.0. The zero-order valence-electron chi connectivity index (χ0n) is 13.3. The first kappa shape index (κ1) is 16.5. The number of methoxy groups -OCH3 is 2. The molecule has 0 spiro atoms. The van der Waals surface area contributed by atoms with Gasteiger partial charge in [0, 0.05) is 22.8 Å². The van der Waals surface area contributed by atoms with Crippen LogP contribution in [0.5, 0.6) is 11.5 Å². The summed E-state index contributed by atoms with van der Waals surface area (Å²) in [7, 11) is 3.14. The SMILES string of the molecule is COc1ccc(/C=C(\C=O)c2ccc(C(C)=O)cc2)c(OC)c1. The Kier molecular flexibility index (Phi) is 5.31. The zero-order chi connectivity index (χ0) is 16.8. The molecule has 0 saturated heterocycles. The van der Waals surface area contributed by atoms with E-state index in [1.165, 1.54) is 6.92 Å². The fraction of sp³-hybridized carbons (Fsp3) is 0.158. The first-order valence-corrected chi connectivity index (χ1v) is 7.09. The van der Waals surface area contributed by atoms with Crippen LogP contribution in [0.15, 0.2) is 42.5 Å². The third-order valence-electron chi connectivity index (χ3n) is 3.50. The van der Waals surface area contributed by atoms with Crippen molar-refractivity contribution in [3.05, 3.63) is 59.2 Å². The van der Waals surface area contributed by atoms with Crippen molar-refractivity contribution in [3.8, 4) is 11.5 Å². The van der Waals surface area contributed by atoms with Gasteiger partial charge in [-0.25, -0.2) is 0 Å². The molecule has 0 aliphatic heterocycles. The van der Waals surface area contributed by atoms with E-state index in [0.717, 1.165) is 17.4 Å². The molecule has 0 N–H and O–H groups in total. The van der Waals surface area contributed by atoms with E-state index in [1.54, 1.807) is 56.7 Å². The van der Waals surface area contributed by atoms with Crippen LogP contribution >= 0.6 is 0 Å². The molecule has 0 fully saturated rings. The van der Waals surface area contributed by atoms with E-state index in [1.807, 2.05) is 6.07 Å². The highest BCUT2D eigenvalue weighted by Gasteiger charge is 2.07. The highest BCUT2D eigenvalue weighted by molar-refractivity contribution is 6.13. The summed E-state index contributed by atoms with van der Waals surface area (Å²) in [4.78, 5) is 22.8. The van der Waals surface area contributed by atoms with Gasteiger partial charge >= 0.3 is 0 Å². The summed E-state index contributed by atoms with van der Waals surface area (Å²) in [5, 5.41) is 0. The molecule has 4 heteroatoms. The van der Waals surface area contributed by atoms with Gasteiger partial charge in [0.05, 0.1) is 14.2 Å². The number of benzene rings is 2. The fourth-order valence-corrected chi connectivity index (χ4v) is 2.19. The lowest BCUT2D eigenvalue weighted by Crippen LogP contribution is -1.94. The number of ketones is 1. The number of hydrogen-bond donors (Lipinski definition) is 0. The molecular formula is C19H18O4. The minimum atomic E-state index is -0.00925. The van der Waals surface area contributed by atoms with Crippen LogP contribution in [0.1, 0.15) is 28.4 Å². The summed E-state index contributed by atoms with van der Waals surface area (Å²) in [5.41, 5.74) is 2.62. The van der Waals surface area contributed by atoms with Crippen LogP contribution in [-0.4, -0.2) is 26.3 Å². The van der Waals surface area contributed by atoms with Crippen molar-refractivity contribution in [3.63, 3.8) is 0 Å². The van der Waals surface area contributed by atoms with Crippen LogP contribution in [-0.2, 0) is 4.79 Å². The first-order valence-electron chi connectivity index (χ1n) is 7.09. The van der Waals surface area contributed by atoms with Gasteiger partial charge < -0.3 is 9.47 Å². The molecule has 4 nitrogen and oxygen atoms in total. The van der Waals surface area contributed by atoms with Crippen molar-refractivity contribution in [1.29, 1.82) is 0 Å². The van der Waals surface area contributed by atoms with Gasteiger partial charge in [-0.2, -0.15) is 0 Å². The van der Waals surface area contributed by atoms with Crippen LogP contribution in [0.4, 0.5) is 0 Å². The van der Waals surface area contributed by atoms with E-state index in [4.69, 9.17) is 9.47 Å². The monoisotopic (exact) mass is 310 g/mol. The second-order valence-electron chi connectivity index (χ2n) is 4.96. The van der Waals surface area contributed by atoms with Gasteiger partial charge in [-0.3, -0.25) is 9.59 Å². The van der Waals surface area contributed by atoms with E-state index in [2.05, 4.69) is 0 Å². The molecule has 0 aromatic heterocycles. The van der Waals surface area contributed by atoms with E-state index in [0.29, 0.717) is 22.6 Å². The number of Topliss-reactive ketones (excluding diaryl/α,β-unsaturated/α-hetero) is 1. The molecule has 0 unspecified atom stereocenters. The van der Waals surface area contributed by atoms with E-state index >= 15 is 0 Å². The van der Waals surface area contributed by atoms with Gasteiger partial charge in [-0.1, -0.05) is 24.3 Å². The molecule has 2 rings (SSSR count). The summed E-state index contributed by atoms with van der Waals surface area (Å²) in [5.74, 6) is 1.28. The smallest absolute Gasteiger partial charge is 0.159 e. The van der Waals surface area contributed by atoms with Crippen LogP contribution < -0.4 is 9.47 Å². The van der Waals surface area contributed by atoms with Gasteiger partial charge in [0.2, 0.25) is 0 Å². The number of hydrogen-bond acceptors (Lipinski definition) is 4. The van der Waals surface area contributed by atoms with E-state index in [9.17, 15) is 9.59 Å². The van der Waals surface area contributed by atoms with Gasteiger partial charge in [0.1, 0.15) is 11.5 Å². The minimum Gasteiger partial charge on any atom is -0.497 e. The highest BCUT2D eigenvalue weighted by Crippen LogP contribution is 2.28. The highest BCUT2D eigenvalue weighted by atomic mass is 16.5. The Morgan fingerprint density at radius 2 is 1.61 bits per heavy atom. The minimum absolute atomic E-state index is 0.00925. The molecule has 0 saturated carbocycles. The zero-order valence-corrected chi connectivity index (χ0v) is 13.3. The van der Waals surface area contributed by atoms with Crippen LogP contribution in [0.2, 0.25) is 0 Å². The number of carbonyl (C=O) groups excluding carboxylic acids is 2. The average molecular weight is 310 g/mol. The Hall–Kier alpha value is -2.88. The quantitative estimate of drug-likeness (QED) is 0.354. The van der Waals surface area contributed by atoms with Gasteiger partial charge in [0.15, 0.2) is 12.1 Å². The predicted octanol–water partition coefficient (Wildman–Crippen LogP) is 3.65. The predicted molar refractivity (Wildman–Crippen MR) is 89.9 cm³/mol. The lowest BCUT2D eigenvalue weighted by Gasteiger charge is -2.09. The van der Waals surface area contributed by atoms with E-state index in [-0.39, 0.29) is 5.78 Å². The summed E-state index contributed by atoms with van der Waals surface area (Å²) in [6, 6.07) is 12.3. The third-order valence-corrected chi connectivity index (χ3v) is 3.50. The third kappa shape index (κ3) is 3.86. The molecule has 0 radical (unpaired) electrons. The van der Waals surface area contributed by atoms with Crippen molar-refractivity contribution < 1.29 is 19.1 Å². The molecule has 2 aromatic rings. The van der Waals surface area contributed by atoms with Gasteiger partial charge in [-0.05, 0) is 30.7 Å². The lowest BCUT2D eigenvalue weighted by molar-refractivity contribution is -0.103. The Morgan fingerprint density at radius 3 is 2.13 bits per heavy atom. The van der Waals surface area contributed by atoms with Crippen molar-refractivity contribution in [2.45, 2.75) is 6.92 Å². The second kappa shape index (κ2) is 7.40. The van der Waals surface area contributed by atoms with Crippen molar-refractivity contribution in [2.24, 2.45) is 0 Å². The normalized spacial score (nSPS) is 11.0. The second-order valence-corrected chi connectivity index (χ2v) is 4.96. The van der Waals surface area contributed by atoms with Crippen molar-refractivity contribution in [2.75, 3.05) is 14.2 Å². The fourth-order valence-electron chi connectivity index (χ4n) is 2.19. The maximum atomic E-state index is 11.5. The number of aldehydes is 1. The maximum Gasteiger partial charge on any atom is 0.159 e. The first-order chi connectivity index (χ1) is 11.1. The largest absolute Gasteiger partial charge is 0.497 e. The van der Waals surface area contributed by atoms with Gasteiger partial charge in [-0.15, -0.1) is 0 Å². The molecular weight excluding hydrogens is 292 g/mol. The molecule has 0 aliphatic rings. The molecule has 2 aromatic carbocycles. The van der Waals surface area contributed by atoms with Gasteiger partial charge in [0.25, 0.3) is 0 Å². The van der Waals surface area contributed by atoms with E-state index < -0.39 is 0 Å². The number of ether oxygens (including phenoxy) is 2.